The predicted molar refractivity (Wildman–Crippen MR) is 39.8 cm³/mol. The molecule has 0 aromatic heterocycles. The van der Waals surface area contributed by atoms with Crippen molar-refractivity contribution in [1.29, 1.82) is 5.26 Å². The van der Waals surface area contributed by atoms with Gasteiger partial charge < -0.3 is 12.9 Å². The lowest BCUT2D eigenvalue weighted by Gasteiger charge is -2.14. The Morgan fingerprint density at radius 2 is 1.85 bits per heavy atom. The second-order valence-electron chi connectivity index (χ2n) is 2.43. The van der Waals surface area contributed by atoms with Gasteiger partial charge in [0.1, 0.15) is 11.9 Å². The van der Waals surface area contributed by atoms with Crippen LogP contribution in [0.1, 0.15) is 5.56 Å². The molecule has 0 aliphatic rings. The largest absolute Gasteiger partial charge is 0.509 e. The highest BCUT2D eigenvalue weighted by molar-refractivity contribution is 6.73. The summed E-state index contributed by atoms with van der Waals surface area (Å²) < 4.78 is 48.8. The molecule has 13 heavy (non-hydrogen) atoms. The van der Waals surface area contributed by atoms with Gasteiger partial charge in [0.2, 0.25) is 0 Å². The Morgan fingerprint density at radius 3 is 2.31 bits per heavy atom. The number of halogens is 4. The van der Waals surface area contributed by atoms with Crippen molar-refractivity contribution in [3.8, 4) is 6.07 Å². The van der Waals surface area contributed by atoms with E-state index in [1.807, 2.05) is 0 Å². The molecule has 68 valence electrons. The molecule has 1 aromatic carbocycles. The highest BCUT2D eigenvalue weighted by Gasteiger charge is 2.26. The Bertz CT molecular complexity index is 366. The molecule has 0 atom stereocenters. The topological polar surface area (TPSA) is 23.8 Å². The molecule has 1 nitrogen and oxygen atoms in total. The van der Waals surface area contributed by atoms with Crippen LogP contribution in [0.25, 0.3) is 0 Å². The second kappa shape index (κ2) is 3.09. The van der Waals surface area contributed by atoms with Crippen LogP contribution in [-0.2, 0) is 0 Å². The van der Waals surface area contributed by atoms with Crippen molar-refractivity contribution in [3.05, 3.63) is 29.6 Å². The molecule has 1 aromatic rings. The molecule has 0 unspecified atom stereocenters. The molecule has 1 rings (SSSR count). The Hall–Kier alpha value is -1.51. The Labute approximate surface area is 71.7 Å². The normalized spacial score (nSPS) is 11.0. The van der Waals surface area contributed by atoms with E-state index >= 15 is 0 Å². The first-order valence-corrected chi connectivity index (χ1v) is 3.34. The molecule has 0 saturated heterocycles. The van der Waals surface area contributed by atoms with Gasteiger partial charge in [-0.15, -0.1) is 5.46 Å². The molecule has 0 bridgehead atoms. The van der Waals surface area contributed by atoms with Crippen LogP contribution in [0.4, 0.5) is 17.3 Å². The molecule has 0 spiro atoms. The lowest BCUT2D eigenvalue weighted by molar-refractivity contribution is 0.500. The van der Waals surface area contributed by atoms with Crippen LogP contribution in [0.3, 0.4) is 0 Å². The molecular weight excluding hydrogens is 185 g/mol. The van der Waals surface area contributed by atoms with E-state index in [1.165, 1.54) is 6.07 Å². The summed E-state index contributed by atoms with van der Waals surface area (Å²) in [4.78, 5) is 0. The van der Waals surface area contributed by atoms with Crippen molar-refractivity contribution in [3.63, 3.8) is 0 Å². The van der Waals surface area contributed by atoms with Crippen molar-refractivity contribution in [2.45, 2.75) is 0 Å². The highest BCUT2D eigenvalue weighted by Crippen LogP contribution is 2.11. The van der Waals surface area contributed by atoms with E-state index in [0.717, 1.165) is 0 Å². The van der Waals surface area contributed by atoms with Gasteiger partial charge in [0.05, 0.1) is 5.56 Å². The van der Waals surface area contributed by atoms with Crippen molar-refractivity contribution in [1.82, 2.24) is 0 Å². The first-order valence-electron chi connectivity index (χ1n) is 3.34. The highest BCUT2D eigenvalue weighted by atomic mass is 19.4. The second-order valence-corrected chi connectivity index (χ2v) is 2.43. The number of hydrogen-bond acceptors (Lipinski definition) is 1. The summed E-state index contributed by atoms with van der Waals surface area (Å²) in [7, 11) is 0. The van der Waals surface area contributed by atoms with Gasteiger partial charge in [-0.2, -0.15) is 5.26 Å². The lowest BCUT2D eigenvalue weighted by atomic mass is 9.79. The van der Waals surface area contributed by atoms with Crippen molar-refractivity contribution >= 4 is 12.4 Å². The first-order chi connectivity index (χ1) is 5.95. The first kappa shape index (κ1) is 9.58. The SMILES string of the molecule is N#Cc1cc([B-](F)(F)F)ccc1F. The predicted octanol–water partition coefficient (Wildman–Crippen LogP) is 1.75. The third-order valence-corrected chi connectivity index (χ3v) is 1.49. The summed E-state index contributed by atoms with van der Waals surface area (Å²) in [5.41, 5.74) is -1.55. The van der Waals surface area contributed by atoms with Gasteiger partial charge in [0, 0.05) is 0 Å². The van der Waals surface area contributed by atoms with Gasteiger partial charge >= 0.3 is 6.98 Å². The Kier molecular flexibility index (Phi) is 2.28. The Balaban J connectivity index is 3.24. The molecule has 0 aliphatic carbocycles. The zero-order valence-electron chi connectivity index (χ0n) is 6.27. The van der Waals surface area contributed by atoms with Gasteiger partial charge in [-0.3, -0.25) is 0 Å². The third kappa shape index (κ3) is 1.99. The summed E-state index contributed by atoms with van der Waals surface area (Å²) in [6.45, 7) is -5.16. The number of nitriles is 1. The summed E-state index contributed by atoms with van der Waals surface area (Å²) in [6, 6.07) is 3.12. The summed E-state index contributed by atoms with van der Waals surface area (Å²) in [5.74, 6) is -0.939. The molecule has 0 amide bonds. The molecule has 6 heteroatoms. The molecule has 0 heterocycles. The minimum Gasteiger partial charge on any atom is -0.445 e. The quantitative estimate of drug-likeness (QED) is 0.486. The monoisotopic (exact) mass is 188 g/mol. The smallest absolute Gasteiger partial charge is 0.445 e. The van der Waals surface area contributed by atoms with Crippen LogP contribution in [0.5, 0.6) is 0 Å². The maximum Gasteiger partial charge on any atom is 0.509 e. The van der Waals surface area contributed by atoms with Crippen LogP contribution < -0.4 is 5.46 Å². The van der Waals surface area contributed by atoms with Gasteiger partial charge in [0.25, 0.3) is 0 Å². The van der Waals surface area contributed by atoms with Crippen molar-refractivity contribution in [2.75, 3.05) is 0 Å². The number of rotatable bonds is 1. The van der Waals surface area contributed by atoms with Crippen molar-refractivity contribution in [2.24, 2.45) is 0 Å². The zero-order chi connectivity index (χ0) is 10.1. The van der Waals surface area contributed by atoms with Gasteiger partial charge in [0.15, 0.2) is 0 Å². The number of nitrogens with zero attached hydrogens (tertiary/aromatic N) is 1. The van der Waals surface area contributed by atoms with Crippen LogP contribution in [0, 0.1) is 17.1 Å². The number of hydrogen-bond donors (Lipinski definition) is 0. The van der Waals surface area contributed by atoms with E-state index in [4.69, 9.17) is 5.26 Å². The van der Waals surface area contributed by atoms with E-state index in [1.54, 1.807) is 0 Å². The molecule has 0 fully saturated rings. The van der Waals surface area contributed by atoms with Crippen LogP contribution in [-0.4, -0.2) is 6.98 Å². The minimum atomic E-state index is -5.16. The minimum absolute atomic E-state index is 0.509. The average molecular weight is 188 g/mol. The molecule has 0 aliphatic heterocycles. The van der Waals surface area contributed by atoms with E-state index in [9.17, 15) is 17.3 Å². The fourth-order valence-electron chi connectivity index (χ4n) is 0.832. The zero-order valence-corrected chi connectivity index (χ0v) is 6.27. The van der Waals surface area contributed by atoms with E-state index in [2.05, 4.69) is 0 Å². The van der Waals surface area contributed by atoms with Crippen LogP contribution in [0.2, 0.25) is 0 Å². The summed E-state index contributed by atoms with van der Waals surface area (Å²) >= 11 is 0. The number of benzene rings is 1. The molecule has 0 saturated carbocycles. The summed E-state index contributed by atoms with van der Waals surface area (Å²) in [5, 5.41) is 8.26. The van der Waals surface area contributed by atoms with E-state index in [-0.39, 0.29) is 0 Å². The van der Waals surface area contributed by atoms with E-state index < -0.39 is 23.8 Å². The maximum absolute atomic E-state index is 12.6. The van der Waals surface area contributed by atoms with Gasteiger partial charge in [-0.1, -0.05) is 12.1 Å². The standard InChI is InChI=1S/C7H3BF4N/c9-7-2-1-6(8(10,11)12)3-5(7)4-13/h1-3H/q-1. The van der Waals surface area contributed by atoms with E-state index in [0.29, 0.717) is 18.2 Å². The summed E-state index contributed by atoms with van der Waals surface area (Å²) in [6.07, 6.45) is 0. The molecule has 0 N–H and O–H groups in total. The fraction of sp³-hybridized carbons (Fsp3) is 0. The van der Waals surface area contributed by atoms with Crippen molar-refractivity contribution < 1.29 is 17.3 Å². The lowest BCUT2D eigenvalue weighted by Crippen LogP contribution is -2.34. The fourth-order valence-corrected chi connectivity index (χ4v) is 0.832. The van der Waals surface area contributed by atoms with Crippen LogP contribution >= 0.6 is 0 Å². The molecule has 0 radical (unpaired) electrons. The Morgan fingerprint density at radius 1 is 1.23 bits per heavy atom. The van der Waals surface area contributed by atoms with Gasteiger partial charge in [-0.25, -0.2) is 4.39 Å². The maximum atomic E-state index is 12.6. The van der Waals surface area contributed by atoms with Gasteiger partial charge in [-0.05, 0) is 6.07 Å². The average Bonchev–Trinajstić information content (AvgIpc) is 2.03. The third-order valence-electron chi connectivity index (χ3n) is 1.49. The van der Waals surface area contributed by atoms with Crippen LogP contribution in [0.15, 0.2) is 18.2 Å². The molecular formula is C7H3BF4N-.